The number of rotatable bonds is 13. The number of carbonyl (C=O) groups is 3. The molecule has 1 aliphatic heterocycles. The Hall–Kier alpha value is -3.45. The van der Waals surface area contributed by atoms with E-state index in [2.05, 4.69) is 18.7 Å². The number of unbranched alkanes of at least 4 members (excludes halogenated alkanes) is 2. The first-order valence-corrected chi connectivity index (χ1v) is 13.6. The van der Waals surface area contributed by atoms with Crippen LogP contribution in [-0.2, 0) is 14.3 Å². The molecule has 38 heavy (non-hydrogen) atoms. The van der Waals surface area contributed by atoms with E-state index >= 15 is 0 Å². The molecule has 0 bridgehead atoms. The standard InChI is InChI=1S/C31H40N2O5/c1-5-7-18-32(19-8-6-2)20-9-21-33-27(23-14-16-25(17-15-23)31(37)38-4)26(29(35)30(33)36)28(34)24-12-10-22(3)11-13-24/h10-17,27,34H,5-9,18-21H2,1-4H3/t27-/m1/s1. The van der Waals surface area contributed by atoms with Crippen molar-refractivity contribution in [2.45, 2.75) is 58.9 Å². The van der Waals surface area contributed by atoms with E-state index in [4.69, 9.17) is 4.74 Å². The maximum atomic E-state index is 13.3. The minimum Gasteiger partial charge on any atom is -0.507 e. The Balaban J connectivity index is 1.94. The minimum atomic E-state index is -0.747. The number of aliphatic hydroxyl groups is 1. The molecule has 1 atom stereocenters. The first kappa shape index (κ1) is 29.1. The van der Waals surface area contributed by atoms with Gasteiger partial charge in [0, 0.05) is 12.1 Å². The number of nitrogens with zero attached hydrogens (tertiary/aromatic N) is 2. The molecule has 0 saturated carbocycles. The normalized spacial score (nSPS) is 16.9. The third kappa shape index (κ3) is 6.90. The van der Waals surface area contributed by atoms with Crippen LogP contribution < -0.4 is 0 Å². The van der Waals surface area contributed by atoms with Gasteiger partial charge in [0.1, 0.15) is 5.76 Å². The number of carbonyl (C=O) groups excluding carboxylic acids is 3. The summed E-state index contributed by atoms with van der Waals surface area (Å²) in [5.41, 5.74) is 2.59. The van der Waals surface area contributed by atoms with Gasteiger partial charge < -0.3 is 19.6 Å². The quantitative estimate of drug-likeness (QED) is 0.163. The highest BCUT2D eigenvalue weighted by molar-refractivity contribution is 6.46. The van der Waals surface area contributed by atoms with Crippen LogP contribution in [0.25, 0.3) is 5.76 Å². The van der Waals surface area contributed by atoms with Crippen molar-refractivity contribution in [2.75, 3.05) is 33.3 Å². The van der Waals surface area contributed by atoms with E-state index in [0.717, 1.165) is 50.9 Å². The third-order valence-corrected chi connectivity index (χ3v) is 7.04. The van der Waals surface area contributed by atoms with E-state index < -0.39 is 23.7 Å². The van der Waals surface area contributed by atoms with Crippen LogP contribution in [0.3, 0.4) is 0 Å². The number of hydrogen-bond acceptors (Lipinski definition) is 6. The van der Waals surface area contributed by atoms with Crippen molar-refractivity contribution in [2.24, 2.45) is 0 Å². The van der Waals surface area contributed by atoms with Crippen LogP contribution in [0.5, 0.6) is 0 Å². The lowest BCUT2D eigenvalue weighted by Gasteiger charge is -2.27. The van der Waals surface area contributed by atoms with Crippen molar-refractivity contribution in [3.8, 4) is 0 Å². The molecule has 1 amide bonds. The molecule has 2 aromatic carbocycles. The highest BCUT2D eigenvalue weighted by Crippen LogP contribution is 2.39. The Labute approximate surface area is 226 Å². The van der Waals surface area contributed by atoms with Gasteiger partial charge in [-0.3, -0.25) is 9.59 Å². The number of benzene rings is 2. The second kappa shape index (κ2) is 13.9. The Morgan fingerprint density at radius 2 is 1.45 bits per heavy atom. The summed E-state index contributed by atoms with van der Waals surface area (Å²) < 4.78 is 4.80. The Kier molecular flexibility index (Phi) is 10.7. The molecule has 7 heteroatoms. The van der Waals surface area contributed by atoms with Crippen molar-refractivity contribution in [1.82, 2.24) is 9.80 Å². The number of amides is 1. The lowest BCUT2D eigenvalue weighted by molar-refractivity contribution is -0.140. The number of methoxy groups -OCH3 is 1. The molecule has 2 aromatic rings. The van der Waals surface area contributed by atoms with E-state index in [1.807, 2.05) is 19.1 Å². The topological polar surface area (TPSA) is 87.2 Å². The second-order valence-electron chi connectivity index (χ2n) is 9.87. The average Bonchev–Trinajstić information content (AvgIpc) is 3.18. The molecule has 1 fully saturated rings. The molecule has 0 unspecified atom stereocenters. The maximum Gasteiger partial charge on any atom is 0.337 e. The number of esters is 1. The van der Waals surface area contributed by atoms with Crippen LogP contribution in [0.15, 0.2) is 54.1 Å². The zero-order chi connectivity index (χ0) is 27.7. The van der Waals surface area contributed by atoms with Crippen LogP contribution >= 0.6 is 0 Å². The van der Waals surface area contributed by atoms with E-state index in [9.17, 15) is 19.5 Å². The number of ketones is 1. The highest BCUT2D eigenvalue weighted by atomic mass is 16.5. The van der Waals surface area contributed by atoms with Crippen LogP contribution in [0.4, 0.5) is 0 Å². The average molecular weight is 521 g/mol. The van der Waals surface area contributed by atoms with Crippen molar-refractivity contribution in [1.29, 1.82) is 0 Å². The summed E-state index contributed by atoms with van der Waals surface area (Å²) in [5.74, 6) is -1.97. The van der Waals surface area contributed by atoms with Gasteiger partial charge in [0.25, 0.3) is 11.7 Å². The summed E-state index contributed by atoms with van der Waals surface area (Å²) in [5, 5.41) is 11.2. The van der Waals surface area contributed by atoms with Crippen LogP contribution in [0.2, 0.25) is 0 Å². The lowest BCUT2D eigenvalue weighted by atomic mass is 9.94. The van der Waals surface area contributed by atoms with E-state index in [-0.39, 0.29) is 11.3 Å². The molecule has 1 heterocycles. The minimum absolute atomic E-state index is 0.0680. The summed E-state index contributed by atoms with van der Waals surface area (Å²) in [6.45, 7) is 9.54. The SMILES string of the molecule is CCCCN(CCCC)CCCN1C(=O)C(=O)C(=C(O)c2ccc(C)cc2)[C@H]1c1ccc(C(=O)OC)cc1. The monoisotopic (exact) mass is 520 g/mol. The third-order valence-electron chi connectivity index (χ3n) is 7.04. The van der Waals surface area contributed by atoms with Gasteiger partial charge >= 0.3 is 5.97 Å². The molecular formula is C31H40N2O5. The Morgan fingerprint density at radius 3 is 2.00 bits per heavy atom. The van der Waals surface area contributed by atoms with Gasteiger partial charge in [-0.25, -0.2) is 4.79 Å². The number of hydrogen-bond donors (Lipinski definition) is 1. The number of ether oxygens (including phenoxy) is 1. The summed E-state index contributed by atoms with van der Waals surface area (Å²) in [4.78, 5) is 42.5. The number of aryl methyl sites for hydroxylation is 1. The molecule has 0 aromatic heterocycles. The predicted octanol–water partition coefficient (Wildman–Crippen LogP) is 5.50. The summed E-state index contributed by atoms with van der Waals surface area (Å²) in [6, 6.07) is 13.1. The van der Waals surface area contributed by atoms with Crippen molar-refractivity contribution < 1.29 is 24.2 Å². The van der Waals surface area contributed by atoms with Gasteiger partial charge in [-0.05, 0) is 63.5 Å². The summed E-state index contributed by atoms with van der Waals surface area (Å²) in [6.07, 6.45) is 5.20. The summed E-state index contributed by atoms with van der Waals surface area (Å²) in [7, 11) is 1.32. The number of likely N-dealkylation sites (tertiary alicyclic amines) is 1. The van der Waals surface area contributed by atoms with Gasteiger partial charge in [0.2, 0.25) is 0 Å². The molecule has 3 rings (SSSR count). The van der Waals surface area contributed by atoms with E-state index in [1.165, 1.54) is 7.11 Å². The Bertz CT molecular complexity index is 1130. The molecular weight excluding hydrogens is 480 g/mol. The second-order valence-corrected chi connectivity index (χ2v) is 9.87. The molecule has 0 aliphatic carbocycles. The zero-order valence-corrected chi connectivity index (χ0v) is 23.0. The molecule has 7 nitrogen and oxygen atoms in total. The molecule has 0 radical (unpaired) electrons. The fourth-order valence-electron chi connectivity index (χ4n) is 4.81. The van der Waals surface area contributed by atoms with Crippen LogP contribution in [-0.4, -0.2) is 65.9 Å². The number of Topliss-reactive ketones (excluding diaryl/α,β-unsaturated/α-hetero) is 1. The predicted molar refractivity (Wildman–Crippen MR) is 149 cm³/mol. The smallest absolute Gasteiger partial charge is 0.337 e. The van der Waals surface area contributed by atoms with Crippen LogP contribution in [0, 0.1) is 6.92 Å². The number of aliphatic hydroxyl groups excluding tert-OH is 1. The van der Waals surface area contributed by atoms with Gasteiger partial charge in [-0.15, -0.1) is 0 Å². The fraction of sp³-hybridized carbons (Fsp3) is 0.452. The van der Waals surface area contributed by atoms with Crippen molar-refractivity contribution >= 4 is 23.4 Å². The van der Waals surface area contributed by atoms with Crippen molar-refractivity contribution in [3.63, 3.8) is 0 Å². The maximum absolute atomic E-state index is 13.3. The van der Waals surface area contributed by atoms with Crippen LogP contribution in [0.1, 0.15) is 79.0 Å². The van der Waals surface area contributed by atoms with Crippen molar-refractivity contribution in [3.05, 3.63) is 76.4 Å². The van der Waals surface area contributed by atoms with Gasteiger partial charge in [0.15, 0.2) is 0 Å². The highest BCUT2D eigenvalue weighted by Gasteiger charge is 2.45. The summed E-state index contributed by atoms with van der Waals surface area (Å²) >= 11 is 0. The molecule has 0 spiro atoms. The van der Waals surface area contributed by atoms with Gasteiger partial charge in [-0.1, -0.05) is 68.7 Å². The zero-order valence-electron chi connectivity index (χ0n) is 23.0. The molecule has 1 aliphatic rings. The molecule has 204 valence electrons. The molecule has 1 saturated heterocycles. The Morgan fingerprint density at radius 1 is 0.895 bits per heavy atom. The first-order valence-electron chi connectivity index (χ1n) is 13.6. The fourth-order valence-corrected chi connectivity index (χ4v) is 4.81. The first-order chi connectivity index (χ1) is 18.3. The van der Waals surface area contributed by atoms with E-state index in [0.29, 0.717) is 29.7 Å². The largest absolute Gasteiger partial charge is 0.507 e. The lowest BCUT2D eigenvalue weighted by Crippen LogP contribution is -2.34. The molecule has 1 N–H and O–H groups in total. The van der Waals surface area contributed by atoms with Gasteiger partial charge in [-0.2, -0.15) is 0 Å². The van der Waals surface area contributed by atoms with E-state index in [1.54, 1.807) is 41.3 Å². The van der Waals surface area contributed by atoms with Gasteiger partial charge in [0.05, 0.1) is 24.3 Å².